The highest BCUT2D eigenvalue weighted by molar-refractivity contribution is 5.68. The zero-order valence-corrected chi connectivity index (χ0v) is 15.8. The summed E-state index contributed by atoms with van der Waals surface area (Å²) in [6, 6.07) is 9.28. The van der Waals surface area contributed by atoms with E-state index in [4.69, 9.17) is 0 Å². The lowest BCUT2D eigenvalue weighted by molar-refractivity contribution is 0.206. The predicted octanol–water partition coefficient (Wildman–Crippen LogP) is 6.36. The summed E-state index contributed by atoms with van der Waals surface area (Å²) in [5.74, 6) is 0. The lowest BCUT2D eigenvalue weighted by Crippen LogP contribution is -2.49. The van der Waals surface area contributed by atoms with E-state index in [0.717, 1.165) is 25.7 Å². The van der Waals surface area contributed by atoms with E-state index in [2.05, 4.69) is 85.9 Å². The first-order valence-corrected chi connectivity index (χ1v) is 10.2. The van der Waals surface area contributed by atoms with Crippen LogP contribution in [0.25, 0.3) is 0 Å². The van der Waals surface area contributed by atoms with Gasteiger partial charge >= 0.3 is 0 Å². The van der Waals surface area contributed by atoms with Gasteiger partial charge in [-0.3, -0.25) is 0 Å². The third kappa shape index (κ3) is 1.88. The average molecular weight is 348 g/mol. The molecule has 2 unspecified atom stereocenters. The van der Waals surface area contributed by atoms with E-state index in [1.165, 1.54) is 39.0 Å². The molecule has 7 rings (SSSR count). The van der Waals surface area contributed by atoms with Gasteiger partial charge in [0.25, 0.3) is 0 Å². The minimum atomic E-state index is 0.0279. The lowest BCUT2D eigenvalue weighted by atomic mass is 9.44. The van der Waals surface area contributed by atoms with Gasteiger partial charge in [-0.05, 0) is 64.7 Å². The minimum Gasteiger partial charge on any atom is -0.0617 e. The SMILES string of the molecule is CC12C3=CC=CC1=CC=C1C=C4C=C(C=C3)C12CCc1cccc(c1)CC4. The van der Waals surface area contributed by atoms with Crippen molar-refractivity contribution >= 4 is 0 Å². The normalized spacial score (nSPS) is 32.4. The van der Waals surface area contributed by atoms with Gasteiger partial charge in [0.15, 0.2) is 0 Å². The molecule has 0 amide bonds. The summed E-state index contributed by atoms with van der Waals surface area (Å²) < 4.78 is 0. The van der Waals surface area contributed by atoms with Crippen LogP contribution in [0, 0.1) is 10.8 Å². The minimum absolute atomic E-state index is 0.0279. The van der Waals surface area contributed by atoms with Crippen molar-refractivity contribution in [2.75, 3.05) is 0 Å². The molecule has 1 aromatic carbocycles. The first-order chi connectivity index (χ1) is 13.2. The quantitative estimate of drug-likeness (QED) is 0.512. The van der Waals surface area contributed by atoms with Crippen LogP contribution in [0.3, 0.4) is 0 Å². The van der Waals surface area contributed by atoms with Crippen molar-refractivity contribution in [1.29, 1.82) is 0 Å². The largest absolute Gasteiger partial charge is 0.0617 e. The van der Waals surface area contributed by atoms with E-state index < -0.39 is 0 Å². The topological polar surface area (TPSA) is 0 Å². The Hall–Kier alpha value is -2.60. The van der Waals surface area contributed by atoms with Gasteiger partial charge < -0.3 is 0 Å². The molecule has 0 saturated heterocycles. The maximum atomic E-state index is 2.51. The molecule has 1 spiro atoms. The zero-order valence-electron chi connectivity index (χ0n) is 15.8. The highest BCUT2D eigenvalue weighted by atomic mass is 14.6. The van der Waals surface area contributed by atoms with Gasteiger partial charge in [-0.15, -0.1) is 0 Å². The molecule has 0 heterocycles. The maximum absolute atomic E-state index is 2.51. The summed E-state index contributed by atoms with van der Waals surface area (Å²) in [6.07, 6.45) is 25.9. The van der Waals surface area contributed by atoms with Crippen LogP contribution in [-0.2, 0) is 12.8 Å². The van der Waals surface area contributed by atoms with Crippen molar-refractivity contribution in [3.8, 4) is 0 Å². The van der Waals surface area contributed by atoms with Crippen LogP contribution in [0.5, 0.6) is 0 Å². The second-order valence-electron chi connectivity index (χ2n) is 8.73. The standard InChI is InChI=1S/C27H24/c1-26-22-6-3-7-23(26)11-13-25-18-21-9-8-19-4-2-5-20(16-19)14-15-27(25,26)24(17-21)12-10-22/h2-7,10-13,16-18H,8-9,14-15H2,1H3. The van der Waals surface area contributed by atoms with Gasteiger partial charge in [0.1, 0.15) is 0 Å². The summed E-state index contributed by atoms with van der Waals surface area (Å²) in [4.78, 5) is 0. The smallest absolute Gasteiger partial charge is 0.0340 e. The Labute approximate surface area is 161 Å². The molecule has 27 heavy (non-hydrogen) atoms. The molecule has 6 aliphatic carbocycles. The summed E-state index contributed by atoms with van der Waals surface area (Å²) in [5, 5.41) is 0. The van der Waals surface area contributed by atoms with E-state index in [-0.39, 0.29) is 10.8 Å². The molecule has 0 saturated carbocycles. The Kier molecular flexibility index (Phi) is 2.99. The highest BCUT2D eigenvalue weighted by Gasteiger charge is 2.58. The Balaban J connectivity index is 1.64. The molecule has 0 aromatic heterocycles. The average Bonchev–Trinajstić information content (AvgIpc) is 2.71. The van der Waals surface area contributed by atoms with Crippen molar-refractivity contribution in [2.45, 2.75) is 32.6 Å². The lowest BCUT2D eigenvalue weighted by Gasteiger charge is -2.58. The third-order valence-electron chi connectivity index (χ3n) is 7.59. The van der Waals surface area contributed by atoms with Crippen molar-refractivity contribution in [2.24, 2.45) is 10.8 Å². The fourth-order valence-electron chi connectivity index (χ4n) is 6.11. The predicted molar refractivity (Wildman–Crippen MR) is 112 cm³/mol. The number of hydrogen-bond acceptors (Lipinski definition) is 0. The van der Waals surface area contributed by atoms with Crippen LogP contribution in [0.2, 0.25) is 0 Å². The van der Waals surface area contributed by atoms with Gasteiger partial charge in [0, 0.05) is 10.8 Å². The second kappa shape index (κ2) is 5.23. The summed E-state index contributed by atoms with van der Waals surface area (Å²) in [7, 11) is 0. The number of rotatable bonds is 0. The summed E-state index contributed by atoms with van der Waals surface area (Å²) >= 11 is 0. The van der Waals surface area contributed by atoms with Crippen LogP contribution in [0.4, 0.5) is 0 Å². The van der Waals surface area contributed by atoms with Crippen molar-refractivity contribution < 1.29 is 0 Å². The molecule has 6 aliphatic rings. The molecule has 0 N–H and O–H groups in total. The van der Waals surface area contributed by atoms with Crippen molar-refractivity contribution in [3.63, 3.8) is 0 Å². The summed E-state index contributed by atoms with van der Waals surface area (Å²) in [5.41, 5.74) is 10.5. The van der Waals surface area contributed by atoms with Crippen LogP contribution in [0.1, 0.15) is 30.9 Å². The Bertz CT molecular complexity index is 1080. The van der Waals surface area contributed by atoms with Gasteiger partial charge in [-0.2, -0.15) is 0 Å². The molecule has 0 heteroatoms. The number of benzene rings is 1. The van der Waals surface area contributed by atoms with E-state index in [1.54, 1.807) is 0 Å². The monoisotopic (exact) mass is 348 g/mol. The van der Waals surface area contributed by atoms with Crippen molar-refractivity contribution in [1.82, 2.24) is 0 Å². The number of aryl methyl sites for hydroxylation is 2. The third-order valence-corrected chi connectivity index (χ3v) is 7.59. The van der Waals surface area contributed by atoms with E-state index in [9.17, 15) is 0 Å². The Morgan fingerprint density at radius 2 is 1.52 bits per heavy atom. The first kappa shape index (κ1) is 15.5. The number of allylic oxidation sites excluding steroid dienone is 14. The molecule has 0 nitrogen and oxygen atoms in total. The fraction of sp³-hybridized carbons (Fsp3) is 0.259. The zero-order chi connectivity index (χ0) is 18.1. The molecule has 4 bridgehead atoms. The van der Waals surface area contributed by atoms with Gasteiger partial charge in [-0.25, -0.2) is 0 Å². The molecule has 0 radical (unpaired) electrons. The summed E-state index contributed by atoms with van der Waals surface area (Å²) in [6.45, 7) is 2.48. The van der Waals surface area contributed by atoms with Crippen LogP contribution in [0.15, 0.2) is 107 Å². The maximum Gasteiger partial charge on any atom is 0.0340 e. The molecule has 1 aromatic rings. The number of hydrogen-bond donors (Lipinski definition) is 0. The fourth-order valence-corrected chi connectivity index (χ4v) is 6.11. The van der Waals surface area contributed by atoms with Crippen LogP contribution < -0.4 is 0 Å². The Morgan fingerprint density at radius 1 is 0.741 bits per heavy atom. The first-order valence-electron chi connectivity index (χ1n) is 10.2. The molecular weight excluding hydrogens is 324 g/mol. The van der Waals surface area contributed by atoms with E-state index in [1.807, 2.05) is 0 Å². The number of fused-ring (bicyclic) bond motifs is 2. The van der Waals surface area contributed by atoms with Gasteiger partial charge in [-0.1, -0.05) is 85.9 Å². The molecule has 132 valence electrons. The Morgan fingerprint density at radius 3 is 2.44 bits per heavy atom. The highest BCUT2D eigenvalue weighted by Crippen LogP contribution is 2.67. The molecule has 0 fully saturated rings. The van der Waals surface area contributed by atoms with Crippen LogP contribution >= 0.6 is 0 Å². The molecule has 0 aliphatic heterocycles. The van der Waals surface area contributed by atoms with Crippen molar-refractivity contribution in [3.05, 3.63) is 118 Å². The van der Waals surface area contributed by atoms with Gasteiger partial charge in [0.2, 0.25) is 0 Å². The van der Waals surface area contributed by atoms with Gasteiger partial charge in [0.05, 0.1) is 0 Å². The molecular formula is C27H24. The van der Waals surface area contributed by atoms with E-state index in [0.29, 0.717) is 0 Å². The van der Waals surface area contributed by atoms with E-state index >= 15 is 0 Å². The molecule has 2 atom stereocenters. The van der Waals surface area contributed by atoms with Crippen LogP contribution in [-0.4, -0.2) is 0 Å². The second-order valence-corrected chi connectivity index (χ2v) is 8.73.